The second-order valence-corrected chi connectivity index (χ2v) is 7.22. The van der Waals surface area contributed by atoms with Crippen LogP contribution in [0.1, 0.15) is 49.9 Å². The number of thiophene rings is 1. The van der Waals surface area contributed by atoms with Crippen molar-refractivity contribution >= 4 is 28.3 Å². The molecule has 1 atom stereocenters. The maximum atomic E-state index is 4.93. The Hall–Kier alpha value is -0.480. The molecule has 1 saturated carbocycles. The van der Waals surface area contributed by atoms with Crippen LogP contribution in [0.4, 0.5) is 0 Å². The molecular formula is C14H20N2S2. The minimum atomic E-state index is 0.344. The minimum absolute atomic E-state index is 0.344. The van der Waals surface area contributed by atoms with Crippen LogP contribution in [-0.2, 0) is 0 Å². The standard InChI is InChI=1S/C14H20N2S2/c1-2-11(12-6-5-9-17-12)15-13-16-14(10-18-13)7-3-4-8-14/h5-6,9,11H,2-4,7-8,10H2,1H3,(H,15,16). The minimum Gasteiger partial charge on any atom is -0.359 e. The van der Waals surface area contributed by atoms with Gasteiger partial charge >= 0.3 is 0 Å². The molecule has 2 heterocycles. The van der Waals surface area contributed by atoms with E-state index in [2.05, 4.69) is 29.8 Å². The summed E-state index contributed by atoms with van der Waals surface area (Å²) in [6.07, 6.45) is 6.49. The average Bonchev–Trinajstić information content (AvgIpc) is 3.10. The molecule has 0 bridgehead atoms. The molecule has 1 aromatic rings. The first-order chi connectivity index (χ1) is 8.81. The molecule has 1 aromatic heterocycles. The van der Waals surface area contributed by atoms with Crippen molar-refractivity contribution in [3.05, 3.63) is 22.4 Å². The van der Waals surface area contributed by atoms with Crippen LogP contribution < -0.4 is 5.32 Å². The molecule has 2 aliphatic rings. The van der Waals surface area contributed by atoms with E-state index in [0.29, 0.717) is 11.6 Å². The summed E-state index contributed by atoms with van der Waals surface area (Å²) in [7, 11) is 0. The molecule has 2 fully saturated rings. The number of nitrogens with one attached hydrogen (secondary N) is 1. The first-order valence-electron chi connectivity index (χ1n) is 6.83. The molecule has 0 amide bonds. The molecule has 2 nitrogen and oxygen atoms in total. The highest BCUT2D eigenvalue weighted by Crippen LogP contribution is 2.38. The number of nitrogens with zero attached hydrogens (tertiary/aromatic N) is 1. The second-order valence-electron chi connectivity index (χ2n) is 5.27. The van der Waals surface area contributed by atoms with Gasteiger partial charge in [0.1, 0.15) is 0 Å². The number of thioether (sulfide) groups is 1. The second kappa shape index (κ2) is 5.25. The van der Waals surface area contributed by atoms with Crippen LogP contribution >= 0.6 is 23.1 Å². The zero-order chi connectivity index (χ0) is 12.4. The molecule has 98 valence electrons. The molecule has 1 aliphatic heterocycles. The average molecular weight is 280 g/mol. The van der Waals surface area contributed by atoms with E-state index >= 15 is 0 Å². The lowest BCUT2D eigenvalue weighted by molar-refractivity contribution is 0.451. The summed E-state index contributed by atoms with van der Waals surface area (Å²) in [4.78, 5) is 6.32. The van der Waals surface area contributed by atoms with Crippen LogP contribution in [0.5, 0.6) is 0 Å². The first-order valence-corrected chi connectivity index (χ1v) is 8.70. The fourth-order valence-corrected chi connectivity index (χ4v) is 4.99. The Morgan fingerprint density at radius 1 is 1.44 bits per heavy atom. The van der Waals surface area contributed by atoms with Crippen molar-refractivity contribution in [1.82, 2.24) is 5.32 Å². The molecule has 0 radical (unpaired) electrons. The van der Waals surface area contributed by atoms with Crippen LogP contribution in [0.25, 0.3) is 0 Å². The SMILES string of the molecule is CCC(N=C1NC2(CCCC2)CS1)c1cccs1. The summed E-state index contributed by atoms with van der Waals surface area (Å²) >= 11 is 3.74. The Morgan fingerprint density at radius 3 is 2.94 bits per heavy atom. The highest BCUT2D eigenvalue weighted by molar-refractivity contribution is 8.14. The van der Waals surface area contributed by atoms with Crippen molar-refractivity contribution in [2.24, 2.45) is 4.99 Å². The fourth-order valence-electron chi connectivity index (χ4n) is 2.87. The van der Waals surface area contributed by atoms with Gasteiger partial charge in [-0.05, 0) is 30.7 Å². The third-order valence-electron chi connectivity index (χ3n) is 3.95. The Balaban J connectivity index is 1.72. The van der Waals surface area contributed by atoms with Crippen LogP contribution in [0.3, 0.4) is 0 Å². The van der Waals surface area contributed by atoms with Gasteiger partial charge in [-0.1, -0.05) is 37.6 Å². The first kappa shape index (κ1) is 12.5. The Kier molecular flexibility index (Phi) is 3.66. The number of hydrogen-bond donors (Lipinski definition) is 1. The lowest BCUT2D eigenvalue weighted by Gasteiger charge is -2.22. The van der Waals surface area contributed by atoms with E-state index in [0.717, 1.165) is 6.42 Å². The molecule has 1 aliphatic carbocycles. The van der Waals surface area contributed by atoms with E-state index in [-0.39, 0.29) is 0 Å². The van der Waals surface area contributed by atoms with Crippen LogP contribution in [0, 0.1) is 0 Å². The largest absolute Gasteiger partial charge is 0.359 e. The van der Waals surface area contributed by atoms with Crippen molar-refractivity contribution < 1.29 is 0 Å². The van der Waals surface area contributed by atoms with E-state index in [9.17, 15) is 0 Å². The van der Waals surface area contributed by atoms with Crippen molar-refractivity contribution in [3.8, 4) is 0 Å². The molecule has 1 saturated heterocycles. The molecule has 18 heavy (non-hydrogen) atoms. The molecule has 1 N–H and O–H groups in total. The maximum absolute atomic E-state index is 4.93. The van der Waals surface area contributed by atoms with Crippen LogP contribution in [0.15, 0.2) is 22.5 Å². The van der Waals surface area contributed by atoms with Gasteiger partial charge in [0.2, 0.25) is 0 Å². The zero-order valence-electron chi connectivity index (χ0n) is 10.8. The number of hydrogen-bond acceptors (Lipinski definition) is 3. The predicted molar refractivity (Wildman–Crippen MR) is 81.6 cm³/mol. The molecule has 4 heteroatoms. The highest BCUT2D eigenvalue weighted by Gasteiger charge is 2.39. The van der Waals surface area contributed by atoms with Crippen molar-refractivity contribution in [1.29, 1.82) is 0 Å². The third kappa shape index (κ3) is 2.45. The molecule has 1 spiro atoms. The number of aliphatic imine (C=N–C) groups is 1. The Labute approximate surface area is 117 Å². The number of rotatable bonds is 3. The summed E-state index contributed by atoms with van der Waals surface area (Å²) in [5, 5.41) is 7.03. The van der Waals surface area contributed by atoms with Gasteiger partial charge in [-0.2, -0.15) is 0 Å². The summed E-state index contributed by atoms with van der Waals surface area (Å²) in [6.45, 7) is 2.22. The van der Waals surface area contributed by atoms with Gasteiger partial charge in [-0.15, -0.1) is 11.3 Å². The van der Waals surface area contributed by atoms with Gasteiger partial charge in [0.25, 0.3) is 0 Å². The van der Waals surface area contributed by atoms with Crippen LogP contribution in [0.2, 0.25) is 0 Å². The third-order valence-corrected chi connectivity index (χ3v) is 6.10. The highest BCUT2D eigenvalue weighted by atomic mass is 32.2. The lowest BCUT2D eigenvalue weighted by atomic mass is 10.0. The summed E-state index contributed by atoms with van der Waals surface area (Å²) in [5.74, 6) is 1.21. The summed E-state index contributed by atoms with van der Waals surface area (Å²) in [5.41, 5.74) is 0.386. The van der Waals surface area contributed by atoms with E-state index in [1.54, 1.807) is 0 Å². The molecular weight excluding hydrogens is 260 g/mol. The van der Waals surface area contributed by atoms with Gasteiger partial charge in [-0.3, -0.25) is 4.99 Å². The number of amidine groups is 1. The lowest BCUT2D eigenvalue weighted by Crippen LogP contribution is -2.40. The fraction of sp³-hybridized carbons (Fsp3) is 0.643. The molecule has 0 aromatic carbocycles. The van der Waals surface area contributed by atoms with Gasteiger partial charge < -0.3 is 5.32 Å². The topological polar surface area (TPSA) is 24.4 Å². The Morgan fingerprint density at radius 2 is 2.28 bits per heavy atom. The summed E-state index contributed by atoms with van der Waals surface area (Å²) in [6, 6.07) is 4.67. The quantitative estimate of drug-likeness (QED) is 0.897. The van der Waals surface area contributed by atoms with Gasteiger partial charge in [0.05, 0.1) is 6.04 Å². The smallest absolute Gasteiger partial charge is 0.157 e. The van der Waals surface area contributed by atoms with Crippen molar-refractivity contribution in [2.45, 2.75) is 50.6 Å². The van der Waals surface area contributed by atoms with Gasteiger partial charge in [0.15, 0.2) is 5.17 Å². The molecule has 3 rings (SSSR count). The molecule has 1 unspecified atom stereocenters. The van der Waals surface area contributed by atoms with E-state index < -0.39 is 0 Å². The van der Waals surface area contributed by atoms with E-state index in [1.807, 2.05) is 23.1 Å². The van der Waals surface area contributed by atoms with E-state index in [1.165, 1.54) is 41.5 Å². The zero-order valence-corrected chi connectivity index (χ0v) is 12.4. The van der Waals surface area contributed by atoms with Gasteiger partial charge in [-0.25, -0.2) is 0 Å². The summed E-state index contributed by atoms with van der Waals surface area (Å²) < 4.78 is 0. The van der Waals surface area contributed by atoms with Crippen molar-refractivity contribution in [3.63, 3.8) is 0 Å². The van der Waals surface area contributed by atoms with Gasteiger partial charge in [0, 0.05) is 16.2 Å². The maximum Gasteiger partial charge on any atom is 0.157 e. The predicted octanol–water partition coefficient (Wildman–Crippen LogP) is 4.20. The normalized spacial score (nSPS) is 25.7. The van der Waals surface area contributed by atoms with Crippen LogP contribution in [-0.4, -0.2) is 16.5 Å². The monoisotopic (exact) mass is 280 g/mol. The Bertz CT molecular complexity index is 419. The van der Waals surface area contributed by atoms with E-state index in [4.69, 9.17) is 4.99 Å². The van der Waals surface area contributed by atoms with Crippen molar-refractivity contribution in [2.75, 3.05) is 5.75 Å².